The van der Waals surface area contributed by atoms with E-state index in [0.29, 0.717) is 21.4 Å². The van der Waals surface area contributed by atoms with Gasteiger partial charge in [0.05, 0.1) is 4.90 Å². The fraction of sp³-hybridized carbons (Fsp3) is 0.200. The van der Waals surface area contributed by atoms with Crippen LogP contribution in [0.2, 0.25) is 0 Å². The van der Waals surface area contributed by atoms with E-state index in [9.17, 15) is 8.42 Å². The Morgan fingerprint density at radius 2 is 1.57 bits per heavy atom. The summed E-state index contributed by atoms with van der Waals surface area (Å²) in [6, 6.07) is 8.81. The van der Waals surface area contributed by atoms with Crippen LogP contribution in [0, 0.1) is 20.8 Å². The van der Waals surface area contributed by atoms with Crippen molar-refractivity contribution < 1.29 is 8.42 Å². The highest BCUT2D eigenvalue weighted by Gasteiger charge is 2.19. The molecule has 0 aliphatic heterocycles. The zero-order valence-electron chi connectivity index (χ0n) is 12.1. The molecule has 3 N–H and O–H groups in total. The summed E-state index contributed by atoms with van der Waals surface area (Å²) in [5, 5.41) is 0. The van der Waals surface area contributed by atoms with Crippen molar-refractivity contribution in [3.05, 3.63) is 51.5 Å². The van der Waals surface area contributed by atoms with Gasteiger partial charge >= 0.3 is 0 Å². The Hall–Kier alpha value is -1.53. The van der Waals surface area contributed by atoms with Gasteiger partial charge in [-0.2, -0.15) is 0 Å². The molecule has 0 radical (unpaired) electrons. The molecule has 21 heavy (non-hydrogen) atoms. The van der Waals surface area contributed by atoms with Gasteiger partial charge in [-0.3, -0.25) is 4.72 Å². The van der Waals surface area contributed by atoms with E-state index in [-0.39, 0.29) is 4.90 Å². The van der Waals surface area contributed by atoms with Crippen molar-refractivity contribution in [1.29, 1.82) is 0 Å². The second kappa shape index (κ2) is 5.69. The predicted molar refractivity (Wildman–Crippen MR) is 90.0 cm³/mol. The highest BCUT2D eigenvalue weighted by Crippen LogP contribution is 2.28. The molecule has 2 aromatic rings. The van der Waals surface area contributed by atoms with Crippen LogP contribution < -0.4 is 10.5 Å². The zero-order chi connectivity index (χ0) is 15.8. The Labute approximate surface area is 133 Å². The molecule has 0 amide bonds. The smallest absolute Gasteiger partial charge is 0.262 e. The van der Waals surface area contributed by atoms with E-state index in [2.05, 4.69) is 20.7 Å². The molecule has 0 heterocycles. The van der Waals surface area contributed by atoms with Gasteiger partial charge in [-0.25, -0.2) is 8.42 Å². The molecule has 0 saturated carbocycles. The lowest BCUT2D eigenvalue weighted by atomic mass is 10.1. The summed E-state index contributed by atoms with van der Waals surface area (Å²) in [6.45, 7) is 5.54. The number of nitrogen functional groups attached to an aromatic ring is 1. The molecule has 0 saturated heterocycles. The molecule has 2 rings (SSSR count). The van der Waals surface area contributed by atoms with E-state index < -0.39 is 10.0 Å². The summed E-state index contributed by atoms with van der Waals surface area (Å²) in [4.78, 5) is 0.175. The summed E-state index contributed by atoms with van der Waals surface area (Å²) in [6.07, 6.45) is 0. The molecule has 0 aliphatic carbocycles. The fourth-order valence-electron chi connectivity index (χ4n) is 2.20. The second-order valence-electron chi connectivity index (χ2n) is 5.10. The summed E-state index contributed by atoms with van der Waals surface area (Å²) in [5.74, 6) is 0. The van der Waals surface area contributed by atoms with Crippen LogP contribution in [0.15, 0.2) is 39.7 Å². The molecule has 0 bridgehead atoms. The summed E-state index contributed by atoms with van der Waals surface area (Å²) in [5.41, 5.74) is 9.35. The van der Waals surface area contributed by atoms with Crippen LogP contribution in [0.5, 0.6) is 0 Å². The van der Waals surface area contributed by atoms with Crippen LogP contribution in [-0.2, 0) is 10.0 Å². The first kappa shape index (κ1) is 15.9. The lowest BCUT2D eigenvalue weighted by Crippen LogP contribution is -2.15. The summed E-state index contributed by atoms with van der Waals surface area (Å²) < 4.78 is 28.4. The normalized spacial score (nSPS) is 11.4. The largest absolute Gasteiger partial charge is 0.398 e. The van der Waals surface area contributed by atoms with E-state index in [4.69, 9.17) is 5.73 Å². The van der Waals surface area contributed by atoms with Crippen LogP contribution in [-0.4, -0.2) is 8.42 Å². The average molecular weight is 369 g/mol. The van der Waals surface area contributed by atoms with E-state index in [1.165, 1.54) is 0 Å². The van der Waals surface area contributed by atoms with Crippen molar-refractivity contribution in [3.8, 4) is 0 Å². The minimum Gasteiger partial charge on any atom is -0.398 e. The molecule has 112 valence electrons. The van der Waals surface area contributed by atoms with E-state index in [1.807, 2.05) is 19.9 Å². The molecular weight excluding hydrogens is 352 g/mol. The van der Waals surface area contributed by atoms with Gasteiger partial charge in [0.2, 0.25) is 0 Å². The molecule has 6 heteroatoms. The zero-order valence-corrected chi connectivity index (χ0v) is 14.5. The number of halogens is 1. The van der Waals surface area contributed by atoms with Gasteiger partial charge in [-0.05, 0) is 61.7 Å². The van der Waals surface area contributed by atoms with Gasteiger partial charge in [-0.15, -0.1) is 0 Å². The molecule has 0 spiro atoms. The highest BCUT2D eigenvalue weighted by atomic mass is 79.9. The summed E-state index contributed by atoms with van der Waals surface area (Å²) >= 11 is 3.28. The van der Waals surface area contributed by atoms with Crippen LogP contribution in [0.25, 0.3) is 0 Å². The van der Waals surface area contributed by atoms with Gasteiger partial charge in [0.1, 0.15) is 0 Å². The third kappa shape index (κ3) is 3.57. The highest BCUT2D eigenvalue weighted by molar-refractivity contribution is 9.10. The van der Waals surface area contributed by atoms with Crippen LogP contribution >= 0.6 is 15.9 Å². The Morgan fingerprint density at radius 3 is 2.14 bits per heavy atom. The van der Waals surface area contributed by atoms with Crippen molar-refractivity contribution >= 4 is 37.3 Å². The van der Waals surface area contributed by atoms with Crippen molar-refractivity contribution in [1.82, 2.24) is 0 Å². The Morgan fingerprint density at radius 1 is 1.00 bits per heavy atom. The Bertz CT molecular complexity index is 781. The van der Waals surface area contributed by atoms with Crippen molar-refractivity contribution in [3.63, 3.8) is 0 Å². The van der Waals surface area contributed by atoms with E-state index >= 15 is 0 Å². The average Bonchev–Trinajstić information content (AvgIpc) is 2.31. The van der Waals surface area contributed by atoms with Gasteiger partial charge < -0.3 is 5.73 Å². The molecular formula is C15H17BrN2O2S. The lowest BCUT2D eigenvalue weighted by Gasteiger charge is -2.13. The number of hydrogen-bond donors (Lipinski definition) is 2. The Balaban J connectivity index is 2.48. The molecule has 0 unspecified atom stereocenters. The van der Waals surface area contributed by atoms with Gasteiger partial charge in [0.25, 0.3) is 10.0 Å². The quantitative estimate of drug-likeness (QED) is 0.810. The number of anilines is 2. The number of aryl methyl sites for hydroxylation is 2. The topological polar surface area (TPSA) is 72.2 Å². The number of rotatable bonds is 3. The predicted octanol–water partition coefficient (Wildman–Crippen LogP) is 3.76. The maximum atomic E-state index is 12.6. The molecule has 4 nitrogen and oxygen atoms in total. The molecule has 0 fully saturated rings. The van der Waals surface area contributed by atoms with Gasteiger partial charge in [0.15, 0.2) is 0 Å². The van der Waals surface area contributed by atoms with Crippen LogP contribution in [0.4, 0.5) is 11.4 Å². The van der Waals surface area contributed by atoms with E-state index in [1.54, 1.807) is 31.2 Å². The summed E-state index contributed by atoms with van der Waals surface area (Å²) in [7, 11) is -3.68. The first-order valence-electron chi connectivity index (χ1n) is 6.36. The lowest BCUT2D eigenvalue weighted by molar-refractivity contribution is 0.600. The van der Waals surface area contributed by atoms with Gasteiger partial charge in [-0.1, -0.05) is 22.0 Å². The fourth-order valence-corrected chi connectivity index (χ4v) is 4.17. The third-order valence-corrected chi connectivity index (χ3v) is 5.09. The van der Waals surface area contributed by atoms with Crippen molar-refractivity contribution in [2.75, 3.05) is 10.5 Å². The van der Waals surface area contributed by atoms with Crippen molar-refractivity contribution in [2.24, 2.45) is 0 Å². The minimum absolute atomic E-state index is 0.175. The number of nitrogens with two attached hydrogens (primary N) is 1. The molecule has 2 aromatic carbocycles. The molecule has 0 aromatic heterocycles. The molecule has 0 atom stereocenters. The second-order valence-corrected chi connectivity index (χ2v) is 7.67. The standard InChI is InChI=1S/C15H17BrN2O2S/c1-9-4-10(2)6-13(5-9)18-21(19,20)15-8-12(16)7-14(17)11(15)3/h4-8,18H,17H2,1-3H3. The maximum Gasteiger partial charge on any atom is 0.262 e. The first-order chi connectivity index (χ1) is 9.69. The van der Waals surface area contributed by atoms with Crippen molar-refractivity contribution in [2.45, 2.75) is 25.7 Å². The number of nitrogens with one attached hydrogen (secondary N) is 1. The Kier molecular flexibility index (Phi) is 4.30. The number of benzene rings is 2. The SMILES string of the molecule is Cc1cc(C)cc(NS(=O)(=O)c2cc(Br)cc(N)c2C)c1. The molecule has 0 aliphatic rings. The third-order valence-electron chi connectivity index (χ3n) is 3.13. The maximum absolute atomic E-state index is 12.6. The van der Waals surface area contributed by atoms with Gasteiger partial charge in [0, 0.05) is 15.8 Å². The number of sulfonamides is 1. The monoisotopic (exact) mass is 368 g/mol. The minimum atomic E-state index is -3.68. The number of hydrogen-bond acceptors (Lipinski definition) is 3. The van der Waals surface area contributed by atoms with E-state index in [0.717, 1.165) is 11.1 Å². The van der Waals surface area contributed by atoms with Crippen LogP contribution in [0.3, 0.4) is 0 Å². The van der Waals surface area contributed by atoms with Crippen LogP contribution in [0.1, 0.15) is 16.7 Å². The first-order valence-corrected chi connectivity index (χ1v) is 8.63.